The van der Waals surface area contributed by atoms with E-state index in [1.807, 2.05) is 0 Å². The Morgan fingerprint density at radius 1 is 0.521 bits per heavy atom. The molecule has 6 aromatic rings. The molecule has 0 aliphatic heterocycles. The number of rotatable bonds is 11. The molecule has 388 valence electrons. The summed E-state index contributed by atoms with van der Waals surface area (Å²) < 4.78 is 224. The minimum absolute atomic E-state index is 0.194. The predicted molar refractivity (Wildman–Crippen MR) is 217 cm³/mol. The number of anilines is 2. The van der Waals surface area contributed by atoms with E-state index in [1.54, 1.807) is 6.07 Å². The standard InChI is InChI=1S/C21H11F8N3O4.C15H5ClF8O3.C6H7N3O/c22-12-8-10(1-3-14(12)36-21(27,28)29)35-15-4-2-11(20(24,25)26)17(23)16(15)19(34)32-9-5-6-31-13(7-9)18(30)33;16-13(25)11-10(4-2-7(12(11)18)14(19,20)21)26-6-1-3-9(8(17)5-6)27-15(22,23)24;7-4-1-2-9-5(3-4)6(8)10/h1-8H,(H2,30,33)(H,31,32,34);1-5H;1-3H,(H2,7,9)(H2,8,10). The van der Waals surface area contributed by atoms with Crippen LogP contribution in [-0.4, -0.2) is 45.7 Å². The molecule has 0 unspecified atom stereocenters. The van der Waals surface area contributed by atoms with Gasteiger partial charge < -0.3 is 41.5 Å². The molecule has 0 aliphatic carbocycles. The number of pyridine rings is 2. The molecular weight excluding hydrogens is 1060 g/mol. The number of carbonyl (C=O) groups is 4. The van der Waals surface area contributed by atoms with Gasteiger partial charge in [0.05, 0.1) is 11.1 Å². The van der Waals surface area contributed by atoms with Crippen molar-refractivity contribution in [3.63, 3.8) is 0 Å². The number of primary amides is 2. The Bertz CT molecular complexity index is 3050. The third-order valence-electron chi connectivity index (χ3n) is 8.26. The molecule has 2 aromatic heterocycles. The zero-order valence-corrected chi connectivity index (χ0v) is 35.8. The summed E-state index contributed by atoms with van der Waals surface area (Å²) in [5, 5.41) is 0.419. The zero-order valence-electron chi connectivity index (χ0n) is 35.1. The molecule has 0 spiro atoms. The van der Waals surface area contributed by atoms with Crippen LogP contribution in [0.4, 0.5) is 81.6 Å². The Labute approximate surface area is 400 Å². The summed E-state index contributed by atoms with van der Waals surface area (Å²) in [5.41, 5.74) is 9.30. The highest BCUT2D eigenvalue weighted by Gasteiger charge is 2.39. The number of carbonyl (C=O) groups excluding carboxylic acids is 4. The molecule has 0 radical (unpaired) electrons. The summed E-state index contributed by atoms with van der Waals surface area (Å²) in [6.45, 7) is 0. The van der Waals surface area contributed by atoms with Crippen molar-refractivity contribution in [2.75, 3.05) is 11.1 Å². The van der Waals surface area contributed by atoms with Crippen LogP contribution in [0.1, 0.15) is 52.8 Å². The van der Waals surface area contributed by atoms with E-state index in [4.69, 9.17) is 38.3 Å². The van der Waals surface area contributed by atoms with E-state index in [0.29, 0.717) is 42.1 Å². The van der Waals surface area contributed by atoms with Gasteiger partial charge in [0, 0.05) is 35.9 Å². The fourth-order valence-corrected chi connectivity index (χ4v) is 5.47. The summed E-state index contributed by atoms with van der Waals surface area (Å²) >= 11 is 5.09. The number of ether oxygens (including phenoxy) is 4. The van der Waals surface area contributed by atoms with Gasteiger partial charge in [-0.05, 0) is 84.4 Å². The van der Waals surface area contributed by atoms with Gasteiger partial charge in [0.25, 0.3) is 23.0 Å². The summed E-state index contributed by atoms with van der Waals surface area (Å²) in [7, 11) is 0. The van der Waals surface area contributed by atoms with Gasteiger partial charge in [0.2, 0.25) is 0 Å². The number of hydrogen-bond acceptors (Lipinski definition) is 11. The molecule has 0 aliphatic rings. The number of nitrogen functional groups attached to an aromatic ring is 1. The number of halogens is 17. The number of aromatic nitrogens is 2. The first kappa shape index (κ1) is 57.0. The maximum absolute atomic E-state index is 14.9. The van der Waals surface area contributed by atoms with Crippen molar-refractivity contribution < 1.29 is 108 Å². The largest absolute Gasteiger partial charge is 0.573 e. The molecule has 0 atom stereocenters. The van der Waals surface area contributed by atoms with Gasteiger partial charge >= 0.3 is 25.1 Å². The number of nitrogens with two attached hydrogens (primary N) is 3. The van der Waals surface area contributed by atoms with E-state index in [0.717, 1.165) is 30.5 Å². The Morgan fingerprint density at radius 3 is 1.29 bits per heavy atom. The lowest BCUT2D eigenvalue weighted by molar-refractivity contribution is -0.276. The van der Waals surface area contributed by atoms with Crippen LogP contribution in [0.2, 0.25) is 0 Å². The van der Waals surface area contributed by atoms with Gasteiger partial charge in [-0.2, -0.15) is 26.3 Å². The minimum Gasteiger partial charge on any atom is -0.456 e. The van der Waals surface area contributed by atoms with Crippen molar-refractivity contribution in [1.29, 1.82) is 0 Å². The third kappa shape index (κ3) is 16.2. The van der Waals surface area contributed by atoms with Gasteiger partial charge in [0.1, 0.15) is 45.5 Å². The number of alkyl halides is 12. The van der Waals surface area contributed by atoms with Gasteiger partial charge in [-0.25, -0.2) is 17.6 Å². The van der Waals surface area contributed by atoms with Crippen LogP contribution in [0, 0.1) is 23.3 Å². The molecule has 73 heavy (non-hydrogen) atoms. The molecule has 3 amide bonds. The highest BCUT2D eigenvalue weighted by atomic mass is 35.5. The molecule has 4 aromatic carbocycles. The molecule has 0 fully saturated rings. The molecular formula is C42H23ClF16N6O8. The SMILES string of the molecule is NC(=O)c1cc(N)ccn1.NC(=O)c1cc(NC(=O)c2c(Oc3ccc(OC(F)(F)F)c(F)c3)ccc(C(F)(F)F)c2F)ccn1.O=C(Cl)c1c(Oc2ccc(OC(F)(F)F)c(F)c2)ccc(C(F)(F)F)c1F. The topological polar surface area (TPSA) is 221 Å². The minimum atomic E-state index is -5.23. The molecule has 0 saturated heterocycles. The van der Waals surface area contributed by atoms with Gasteiger partial charge in [-0.3, -0.25) is 29.1 Å². The Kier molecular flexibility index (Phi) is 17.7. The average Bonchev–Trinajstić information content (AvgIpc) is 3.24. The van der Waals surface area contributed by atoms with Crippen molar-refractivity contribution in [3.8, 4) is 34.5 Å². The second-order valence-corrected chi connectivity index (χ2v) is 13.8. The average molecular weight is 1080 g/mol. The highest BCUT2D eigenvalue weighted by Crippen LogP contribution is 2.40. The van der Waals surface area contributed by atoms with Crippen LogP contribution >= 0.6 is 11.6 Å². The smallest absolute Gasteiger partial charge is 0.456 e. The first-order valence-electron chi connectivity index (χ1n) is 18.7. The van der Waals surface area contributed by atoms with Gasteiger partial charge in [0.15, 0.2) is 34.8 Å². The van der Waals surface area contributed by atoms with E-state index in [1.165, 1.54) is 12.3 Å². The molecule has 2 heterocycles. The summed E-state index contributed by atoms with van der Waals surface area (Å²) in [4.78, 5) is 53.0. The zero-order chi connectivity index (χ0) is 55.0. The highest BCUT2D eigenvalue weighted by molar-refractivity contribution is 6.68. The fraction of sp³-hybridized carbons (Fsp3) is 0.0952. The molecule has 6 rings (SSSR count). The number of nitrogens with one attached hydrogen (secondary N) is 1. The number of benzene rings is 4. The molecule has 0 bridgehead atoms. The lowest BCUT2D eigenvalue weighted by Gasteiger charge is -2.16. The van der Waals surface area contributed by atoms with Crippen LogP contribution in [0.25, 0.3) is 0 Å². The Morgan fingerprint density at radius 2 is 0.918 bits per heavy atom. The molecule has 0 saturated carbocycles. The molecule has 7 N–H and O–H groups in total. The van der Waals surface area contributed by atoms with E-state index in [9.17, 15) is 89.4 Å². The number of nitrogens with zero attached hydrogens (tertiary/aromatic N) is 2. The van der Waals surface area contributed by atoms with Crippen molar-refractivity contribution >= 4 is 45.9 Å². The van der Waals surface area contributed by atoms with Crippen LogP contribution in [0.5, 0.6) is 34.5 Å². The summed E-state index contributed by atoms with van der Waals surface area (Å²) in [5.74, 6) is -15.5. The third-order valence-corrected chi connectivity index (χ3v) is 8.45. The van der Waals surface area contributed by atoms with E-state index in [-0.39, 0.29) is 29.2 Å². The normalized spacial score (nSPS) is 11.5. The molecule has 31 heteroatoms. The Balaban J connectivity index is 0.000000273. The maximum atomic E-state index is 14.9. The van der Waals surface area contributed by atoms with E-state index < -0.39 is 128 Å². The monoisotopic (exact) mass is 1080 g/mol. The first-order chi connectivity index (χ1) is 33.6. The quantitative estimate of drug-likeness (QED) is 0.0706. The lowest BCUT2D eigenvalue weighted by Crippen LogP contribution is -2.19. The van der Waals surface area contributed by atoms with Crippen molar-refractivity contribution in [2.24, 2.45) is 11.5 Å². The second kappa shape index (κ2) is 22.7. The maximum Gasteiger partial charge on any atom is 0.573 e. The molecule has 14 nitrogen and oxygen atoms in total. The van der Waals surface area contributed by atoms with Gasteiger partial charge in [-0.1, -0.05) is 0 Å². The number of hydrogen-bond donors (Lipinski definition) is 4. The summed E-state index contributed by atoms with van der Waals surface area (Å²) in [6.07, 6.45) is -18.3. The lowest BCUT2D eigenvalue weighted by atomic mass is 10.1. The predicted octanol–water partition coefficient (Wildman–Crippen LogP) is 11.2. The van der Waals surface area contributed by atoms with Crippen LogP contribution < -0.4 is 41.5 Å². The van der Waals surface area contributed by atoms with Crippen LogP contribution in [0.15, 0.2) is 97.3 Å². The first-order valence-corrected chi connectivity index (χ1v) is 19.1. The van der Waals surface area contributed by atoms with E-state index in [2.05, 4.69) is 24.8 Å². The number of amides is 3. The fourth-order valence-electron chi connectivity index (χ4n) is 5.30. The van der Waals surface area contributed by atoms with Crippen molar-refractivity contribution in [3.05, 3.63) is 154 Å². The van der Waals surface area contributed by atoms with Crippen LogP contribution in [-0.2, 0) is 12.4 Å². The summed E-state index contributed by atoms with van der Waals surface area (Å²) in [6, 6.07) is 9.98. The Hall–Kier alpha value is -8.57. The van der Waals surface area contributed by atoms with Crippen LogP contribution in [0.3, 0.4) is 0 Å². The van der Waals surface area contributed by atoms with E-state index >= 15 is 0 Å². The van der Waals surface area contributed by atoms with Crippen molar-refractivity contribution in [2.45, 2.75) is 25.1 Å². The van der Waals surface area contributed by atoms with Gasteiger partial charge in [-0.15, -0.1) is 26.3 Å². The van der Waals surface area contributed by atoms with Crippen molar-refractivity contribution in [1.82, 2.24) is 9.97 Å². The second-order valence-electron chi connectivity index (χ2n) is 13.4.